The van der Waals surface area contributed by atoms with E-state index in [9.17, 15) is 19.8 Å². The van der Waals surface area contributed by atoms with Gasteiger partial charge in [0.15, 0.2) is 0 Å². The smallest absolute Gasteiger partial charge is 0.548 e. The average molecular weight is 1040 g/mol. The molecular formula is C56H46N2O4P2RuS2. The molecule has 0 aliphatic carbocycles. The Kier molecular flexibility index (Phi) is 20.5. The van der Waals surface area contributed by atoms with Gasteiger partial charge in [-0.15, -0.1) is 23.5 Å². The zero-order valence-corrected chi connectivity index (χ0v) is 41.4. The standard InChI is InChI=1S/2C18H15P.2C10H9NO2S.Ru/c2*1-4-10-16(11-5-1)19(17-12-6-2-7-13-17)18-14-8-3-9-15-18;2*12-10(13)8-6-14-9(11-8)7-4-2-1-3-5-7;/h2*1-15H;2*1-5,8H,6H2,(H,12,13);/q;;;;+2/p-2. The first-order valence-corrected chi connectivity index (χ1v) is 25.9. The van der Waals surface area contributed by atoms with Crippen LogP contribution in [-0.4, -0.2) is 45.6 Å². The van der Waals surface area contributed by atoms with E-state index in [-0.39, 0.29) is 19.5 Å². The quantitative estimate of drug-likeness (QED) is 0.104. The first-order chi connectivity index (χ1) is 32.4. The Balaban J connectivity index is 0.000000148. The summed E-state index contributed by atoms with van der Waals surface area (Å²) in [6.07, 6.45) is 0. The van der Waals surface area contributed by atoms with Crippen LogP contribution in [0.15, 0.2) is 253 Å². The molecule has 0 N–H and O–H groups in total. The largest absolute Gasteiger partial charge is 2.00 e. The Labute approximate surface area is 417 Å². The fourth-order valence-electron chi connectivity index (χ4n) is 6.82. The van der Waals surface area contributed by atoms with Crippen molar-refractivity contribution in [1.29, 1.82) is 0 Å². The zero-order valence-electron chi connectivity index (χ0n) is 36.3. The van der Waals surface area contributed by atoms with Gasteiger partial charge in [0.25, 0.3) is 0 Å². The Bertz CT molecular complexity index is 2390. The summed E-state index contributed by atoms with van der Waals surface area (Å²) in [5, 5.41) is 31.1. The maximum atomic E-state index is 10.5. The second-order valence-corrected chi connectivity index (χ2v) is 21.0. The van der Waals surface area contributed by atoms with Gasteiger partial charge in [0.05, 0.1) is 22.0 Å². The predicted octanol–water partition coefficient (Wildman–Crippen LogP) is 7.48. The van der Waals surface area contributed by atoms with Gasteiger partial charge in [0, 0.05) is 22.6 Å². The summed E-state index contributed by atoms with van der Waals surface area (Å²) in [6, 6.07) is 82.4. The van der Waals surface area contributed by atoms with E-state index in [0.29, 0.717) is 11.5 Å². The average Bonchev–Trinajstić information content (AvgIpc) is 4.10. The molecule has 10 rings (SSSR count). The van der Waals surface area contributed by atoms with Crippen LogP contribution in [0.5, 0.6) is 0 Å². The number of thioether (sulfide) groups is 2. The van der Waals surface area contributed by atoms with E-state index in [4.69, 9.17) is 0 Å². The second kappa shape index (κ2) is 27.1. The molecule has 11 heteroatoms. The fraction of sp³-hybridized carbons (Fsp3) is 0.0714. The Morgan fingerprint density at radius 2 is 0.552 bits per heavy atom. The van der Waals surface area contributed by atoms with Gasteiger partial charge in [-0.1, -0.05) is 243 Å². The summed E-state index contributed by atoms with van der Waals surface area (Å²) in [6.45, 7) is 0. The number of hydrogen-bond acceptors (Lipinski definition) is 8. The summed E-state index contributed by atoms with van der Waals surface area (Å²) in [5.41, 5.74) is 1.95. The molecule has 2 heterocycles. The van der Waals surface area contributed by atoms with E-state index in [1.807, 2.05) is 60.7 Å². The molecule has 0 radical (unpaired) electrons. The van der Waals surface area contributed by atoms with E-state index >= 15 is 0 Å². The number of carboxylic acids is 2. The summed E-state index contributed by atoms with van der Waals surface area (Å²) in [7, 11) is -0.892. The van der Waals surface area contributed by atoms with E-state index in [1.165, 1.54) is 55.4 Å². The number of aliphatic carboxylic acids is 2. The van der Waals surface area contributed by atoms with Crippen molar-refractivity contribution in [2.45, 2.75) is 12.1 Å². The SMILES string of the molecule is O=C([O-])C1CSC(c2ccccc2)=N1.O=C([O-])C1CSC(c2ccccc2)=N1.[Ru+2].c1ccc(P(c2ccccc2)c2ccccc2)cc1.c1ccc(P(c2ccccc2)c2ccccc2)cc1. The van der Waals surface area contributed by atoms with Crippen molar-refractivity contribution in [3.05, 3.63) is 254 Å². The molecular weight excluding hydrogens is 992 g/mol. The third-order valence-electron chi connectivity index (χ3n) is 9.97. The Morgan fingerprint density at radius 1 is 0.358 bits per heavy atom. The maximum absolute atomic E-state index is 10.5. The van der Waals surface area contributed by atoms with Crippen LogP contribution in [0.4, 0.5) is 0 Å². The van der Waals surface area contributed by atoms with Gasteiger partial charge >= 0.3 is 19.5 Å². The number of rotatable bonds is 10. The van der Waals surface area contributed by atoms with Gasteiger partial charge in [0.2, 0.25) is 0 Å². The molecule has 2 aliphatic heterocycles. The molecule has 0 bridgehead atoms. The van der Waals surface area contributed by atoms with Crippen molar-refractivity contribution in [1.82, 2.24) is 0 Å². The van der Waals surface area contributed by atoms with Crippen LogP contribution in [0, 0.1) is 0 Å². The third-order valence-corrected chi connectivity index (χ3v) is 17.1. The van der Waals surface area contributed by atoms with Gasteiger partial charge in [-0.25, -0.2) is 0 Å². The number of benzene rings is 8. The van der Waals surface area contributed by atoms with Gasteiger partial charge < -0.3 is 19.8 Å². The van der Waals surface area contributed by atoms with Crippen LogP contribution in [0.25, 0.3) is 0 Å². The summed E-state index contributed by atoms with van der Waals surface area (Å²) < 4.78 is 0. The summed E-state index contributed by atoms with van der Waals surface area (Å²) in [5.74, 6) is -1.23. The van der Waals surface area contributed by atoms with Crippen LogP contribution in [0.3, 0.4) is 0 Å². The molecule has 0 saturated carbocycles. The number of hydrogen-bond donors (Lipinski definition) is 0. The number of carbonyl (C=O) groups is 2. The molecule has 6 nitrogen and oxygen atoms in total. The van der Waals surface area contributed by atoms with Gasteiger partial charge in [-0.2, -0.15) is 0 Å². The van der Waals surface area contributed by atoms with Crippen LogP contribution >= 0.6 is 39.4 Å². The Hall–Kier alpha value is -5.78. The predicted molar refractivity (Wildman–Crippen MR) is 279 cm³/mol. The zero-order chi connectivity index (χ0) is 45.8. The first-order valence-electron chi connectivity index (χ1n) is 21.3. The van der Waals surface area contributed by atoms with E-state index < -0.39 is 39.9 Å². The van der Waals surface area contributed by atoms with Crippen molar-refractivity contribution in [2.75, 3.05) is 11.5 Å². The van der Waals surface area contributed by atoms with E-state index in [1.54, 1.807) is 0 Å². The molecule has 8 aromatic rings. The maximum Gasteiger partial charge on any atom is 2.00 e. The molecule has 2 atom stereocenters. The molecule has 0 saturated heterocycles. The summed E-state index contributed by atoms with van der Waals surface area (Å²) in [4.78, 5) is 29.2. The molecule has 2 unspecified atom stereocenters. The molecule has 2 aliphatic rings. The van der Waals surface area contributed by atoms with Crippen LogP contribution in [0.1, 0.15) is 11.1 Å². The van der Waals surface area contributed by atoms with Crippen molar-refractivity contribution in [3.8, 4) is 0 Å². The summed E-state index contributed by atoms with van der Waals surface area (Å²) >= 11 is 2.92. The van der Waals surface area contributed by atoms with E-state index in [2.05, 4.69) is 192 Å². The molecule has 0 amide bonds. The minimum atomic E-state index is -1.09. The second-order valence-electron chi connectivity index (χ2n) is 14.6. The normalized spacial score (nSPS) is 14.6. The minimum Gasteiger partial charge on any atom is -0.548 e. The van der Waals surface area contributed by atoms with E-state index in [0.717, 1.165) is 21.2 Å². The molecule has 0 aromatic heterocycles. The van der Waals surface area contributed by atoms with Gasteiger partial charge in [0.1, 0.15) is 12.1 Å². The first kappa shape index (κ1) is 50.6. The number of carbonyl (C=O) groups excluding carboxylic acids is 2. The molecule has 334 valence electrons. The molecule has 67 heavy (non-hydrogen) atoms. The van der Waals surface area contributed by atoms with Gasteiger partial charge in [-0.05, 0) is 47.7 Å². The molecule has 0 fully saturated rings. The van der Waals surface area contributed by atoms with Crippen LogP contribution in [0.2, 0.25) is 0 Å². The number of nitrogens with zero attached hydrogens (tertiary/aromatic N) is 2. The van der Waals surface area contributed by atoms with Crippen molar-refractivity contribution >= 4 is 93.2 Å². The van der Waals surface area contributed by atoms with Gasteiger partial charge in [-0.3, -0.25) is 9.98 Å². The number of aliphatic imine (C=N–C) groups is 2. The van der Waals surface area contributed by atoms with Crippen LogP contribution in [-0.2, 0) is 29.1 Å². The molecule has 8 aromatic carbocycles. The molecule has 0 spiro atoms. The van der Waals surface area contributed by atoms with Crippen molar-refractivity contribution in [3.63, 3.8) is 0 Å². The fourth-order valence-corrected chi connectivity index (χ4v) is 13.5. The van der Waals surface area contributed by atoms with Crippen LogP contribution < -0.4 is 42.0 Å². The number of carboxylic acid groups (broad SMARTS) is 2. The third kappa shape index (κ3) is 15.1. The van der Waals surface area contributed by atoms with Crippen molar-refractivity contribution < 1.29 is 39.3 Å². The van der Waals surface area contributed by atoms with Crippen molar-refractivity contribution in [2.24, 2.45) is 9.98 Å². The Morgan fingerprint density at radius 3 is 0.731 bits per heavy atom. The topological polar surface area (TPSA) is 105 Å². The monoisotopic (exact) mass is 1040 g/mol. The minimum absolute atomic E-state index is 0.